The molecular weight excluding hydrogens is 485 g/mol. The molecule has 1 aliphatic heterocycles. The van der Waals surface area contributed by atoms with Crippen LogP contribution in [0.3, 0.4) is 0 Å². The van der Waals surface area contributed by atoms with Crippen molar-refractivity contribution in [1.82, 2.24) is 20.9 Å². The Labute approximate surface area is 189 Å². The van der Waals surface area contributed by atoms with Gasteiger partial charge in [-0.3, -0.25) is 14.7 Å². The number of hydrogen-bond donors (Lipinski definition) is 3. The standard InChI is InChI=1S/C20H31N5O3.HI/c1-5-21-19(22-10-11-25-18(26)12-23-20(25)27)24-15(4)16-6-8-17(9-7-16)28-13-14(2)3;/h6-9,14-15H,5,10-13H2,1-4H3,(H,23,27)(H2,21,22,24);1H. The summed E-state index contributed by atoms with van der Waals surface area (Å²) in [7, 11) is 0. The third-order valence-corrected chi connectivity index (χ3v) is 4.19. The highest BCUT2D eigenvalue weighted by molar-refractivity contribution is 14.0. The van der Waals surface area contributed by atoms with Crippen LogP contribution < -0.4 is 20.7 Å². The normalized spacial score (nSPS) is 15.1. The Balaban J connectivity index is 0.00000420. The first-order valence-electron chi connectivity index (χ1n) is 9.76. The molecule has 1 atom stereocenters. The number of imide groups is 1. The van der Waals surface area contributed by atoms with Gasteiger partial charge in [-0.2, -0.15) is 0 Å². The number of ether oxygens (including phenoxy) is 1. The van der Waals surface area contributed by atoms with Crippen LogP contribution in [0.4, 0.5) is 4.79 Å². The van der Waals surface area contributed by atoms with Crippen LogP contribution in [-0.2, 0) is 4.79 Å². The molecule has 0 aliphatic carbocycles. The quantitative estimate of drug-likeness (QED) is 0.203. The second kappa shape index (κ2) is 12.5. The summed E-state index contributed by atoms with van der Waals surface area (Å²) >= 11 is 0. The van der Waals surface area contributed by atoms with Gasteiger partial charge < -0.3 is 20.7 Å². The molecule has 1 fully saturated rings. The molecule has 1 unspecified atom stereocenters. The molecule has 0 aromatic heterocycles. The zero-order valence-corrected chi connectivity index (χ0v) is 19.9. The van der Waals surface area contributed by atoms with Gasteiger partial charge in [-0.15, -0.1) is 24.0 Å². The maximum Gasteiger partial charge on any atom is 0.324 e. The van der Waals surface area contributed by atoms with Gasteiger partial charge >= 0.3 is 6.03 Å². The molecule has 2 rings (SSSR count). The smallest absolute Gasteiger partial charge is 0.324 e. The molecule has 0 radical (unpaired) electrons. The summed E-state index contributed by atoms with van der Waals surface area (Å²) in [5, 5.41) is 9.03. The minimum Gasteiger partial charge on any atom is -0.493 e. The van der Waals surface area contributed by atoms with E-state index in [4.69, 9.17) is 4.74 Å². The average Bonchev–Trinajstić information content (AvgIpc) is 2.98. The van der Waals surface area contributed by atoms with Gasteiger partial charge in [0.05, 0.1) is 32.3 Å². The second-order valence-corrected chi connectivity index (χ2v) is 7.10. The van der Waals surface area contributed by atoms with Crippen molar-refractivity contribution in [2.45, 2.75) is 33.7 Å². The molecule has 9 heteroatoms. The van der Waals surface area contributed by atoms with Gasteiger partial charge in [0.25, 0.3) is 0 Å². The van der Waals surface area contributed by atoms with Crippen LogP contribution in [0.15, 0.2) is 29.3 Å². The zero-order chi connectivity index (χ0) is 20.5. The summed E-state index contributed by atoms with van der Waals surface area (Å²) in [5.74, 6) is 1.77. The van der Waals surface area contributed by atoms with Gasteiger partial charge in [0, 0.05) is 6.54 Å². The van der Waals surface area contributed by atoms with Crippen molar-refractivity contribution in [1.29, 1.82) is 0 Å². The van der Waals surface area contributed by atoms with Crippen molar-refractivity contribution in [3.05, 3.63) is 29.8 Å². The summed E-state index contributed by atoms with van der Waals surface area (Å²) < 4.78 is 5.72. The Hall–Kier alpha value is -2.04. The van der Waals surface area contributed by atoms with Crippen LogP contribution in [0.5, 0.6) is 5.75 Å². The lowest BCUT2D eigenvalue weighted by molar-refractivity contribution is -0.124. The van der Waals surface area contributed by atoms with Gasteiger partial charge in [-0.1, -0.05) is 26.0 Å². The van der Waals surface area contributed by atoms with E-state index >= 15 is 0 Å². The van der Waals surface area contributed by atoms with Crippen molar-refractivity contribution < 1.29 is 14.3 Å². The van der Waals surface area contributed by atoms with Gasteiger partial charge in [-0.25, -0.2) is 4.79 Å². The molecule has 1 heterocycles. The first kappa shape index (κ1) is 25.0. The Bertz CT molecular complexity index is 678. The third-order valence-electron chi connectivity index (χ3n) is 4.19. The Morgan fingerprint density at radius 3 is 2.48 bits per heavy atom. The summed E-state index contributed by atoms with van der Waals surface area (Å²) in [6.07, 6.45) is 0. The highest BCUT2D eigenvalue weighted by atomic mass is 127. The highest BCUT2D eigenvalue weighted by Crippen LogP contribution is 2.18. The number of carbonyl (C=O) groups is 2. The van der Waals surface area contributed by atoms with E-state index in [0.717, 1.165) is 11.3 Å². The minimum atomic E-state index is -0.355. The fourth-order valence-corrected chi connectivity index (χ4v) is 2.67. The number of rotatable bonds is 9. The van der Waals surface area contributed by atoms with E-state index in [1.54, 1.807) is 0 Å². The number of halogens is 1. The van der Waals surface area contributed by atoms with Crippen molar-refractivity contribution in [2.24, 2.45) is 10.9 Å². The first-order valence-corrected chi connectivity index (χ1v) is 9.76. The first-order chi connectivity index (χ1) is 13.4. The van der Waals surface area contributed by atoms with Crippen LogP contribution in [0.25, 0.3) is 0 Å². The predicted octanol–water partition coefficient (Wildman–Crippen LogP) is 2.51. The van der Waals surface area contributed by atoms with E-state index in [-0.39, 0.29) is 55.0 Å². The molecule has 29 heavy (non-hydrogen) atoms. The lowest BCUT2D eigenvalue weighted by atomic mass is 10.1. The Morgan fingerprint density at radius 2 is 1.93 bits per heavy atom. The topological polar surface area (TPSA) is 95.1 Å². The predicted molar refractivity (Wildman–Crippen MR) is 125 cm³/mol. The van der Waals surface area contributed by atoms with Crippen LogP contribution in [0.1, 0.15) is 39.3 Å². The molecule has 1 aromatic carbocycles. The number of benzene rings is 1. The molecular formula is C20H32IN5O3. The maximum atomic E-state index is 11.6. The SMILES string of the molecule is CCNC(=NCCN1C(=O)CNC1=O)NC(C)c1ccc(OCC(C)C)cc1.I. The molecule has 0 saturated carbocycles. The monoisotopic (exact) mass is 517 g/mol. The van der Waals surface area contributed by atoms with E-state index in [1.807, 2.05) is 38.1 Å². The number of urea groups is 1. The van der Waals surface area contributed by atoms with Gasteiger partial charge in [0.1, 0.15) is 5.75 Å². The number of amides is 3. The van der Waals surface area contributed by atoms with E-state index in [0.29, 0.717) is 31.6 Å². The molecule has 0 bridgehead atoms. The number of carbonyl (C=O) groups excluding carboxylic acids is 2. The zero-order valence-electron chi connectivity index (χ0n) is 17.5. The van der Waals surface area contributed by atoms with E-state index in [2.05, 4.69) is 34.8 Å². The van der Waals surface area contributed by atoms with Crippen LogP contribution in [0.2, 0.25) is 0 Å². The third kappa shape index (κ3) is 8.08. The average molecular weight is 517 g/mol. The van der Waals surface area contributed by atoms with Crippen LogP contribution >= 0.6 is 24.0 Å². The van der Waals surface area contributed by atoms with Crippen LogP contribution in [0, 0.1) is 5.92 Å². The Kier molecular flexibility index (Phi) is 10.8. The van der Waals surface area contributed by atoms with Gasteiger partial charge in [0.2, 0.25) is 5.91 Å². The molecule has 0 spiro atoms. The lowest BCUT2D eigenvalue weighted by Gasteiger charge is -2.19. The van der Waals surface area contributed by atoms with E-state index < -0.39 is 0 Å². The number of nitrogens with one attached hydrogen (secondary N) is 3. The minimum absolute atomic E-state index is 0. The number of guanidine groups is 1. The number of nitrogens with zero attached hydrogens (tertiary/aromatic N) is 2. The molecule has 1 aromatic rings. The van der Waals surface area contributed by atoms with E-state index in [1.165, 1.54) is 4.90 Å². The Morgan fingerprint density at radius 1 is 1.24 bits per heavy atom. The van der Waals surface area contributed by atoms with Crippen molar-refractivity contribution in [3.63, 3.8) is 0 Å². The number of hydrogen-bond acceptors (Lipinski definition) is 4. The molecule has 162 valence electrons. The fraction of sp³-hybridized carbons (Fsp3) is 0.550. The lowest BCUT2D eigenvalue weighted by Crippen LogP contribution is -2.40. The van der Waals surface area contributed by atoms with Crippen molar-refractivity contribution >= 4 is 41.9 Å². The highest BCUT2D eigenvalue weighted by Gasteiger charge is 2.27. The van der Waals surface area contributed by atoms with E-state index in [9.17, 15) is 9.59 Å². The van der Waals surface area contributed by atoms with Gasteiger partial charge in [0.15, 0.2) is 5.96 Å². The largest absolute Gasteiger partial charge is 0.493 e. The maximum absolute atomic E-state index is 11.6. The van der Waals surface area contributed by atoms with Gasteiger partial charge in [-0.05, 0) is 37.5 Å². The van der Waals surface area contributed by atoms with Crippen molar-refractivity contribution in [2.75, 3.05) is 32.8 Å². The molecule has 3 N–H and O–H groups in total. The summed E-state index contributed by atoms with van der Waals surface area (Å²) in [4.78, 5) is 28.8. The molecule has 3 amide bonds. The second-order valence-electron chi connectivity index (χ2n) is 7.10. The summed E-state index contributed by atoms with van der Waals surface area (Å²) in [5.41, 5.74) is 1.11. The fourth-order valence-electron chi connectivity index (χ4n) is 2.67. The summed E-state index contributed by atoms with van der Waals surface area (Å²) in [6, 6.07) is 7.68. The molecule has 8 nitrogen and oxygen atoms in total. The summed E-state index contributed by atoms with van der Waals surface area (Å²) in [6.45, 7) is 10.3. The van der Waals surface area contributed by atoms with Crippen LogP contribution in [-0.4, -0.2) is 55.6 Å². The molecule has 1 saturated heterocycles. The van der Waals surface area contributed by atoms with Crippen molar-refractivity contribution in [3.8, 4) is 5.75 Å². The molecule has 1 aliphatic rings. The number of aliphatic imine (C=N–C) groups is 1.